The van der Waals surface area contributed by atoms with Crippen molar-refractivity contribution < 1.29 is 4.39 Å². The molecule has 0 radical (unpaired) electrons. The molecule has 0 aromatic heterocycles. The van der Waals surface area contributed by atoms with Crippen molar-refractivity contribution in [1.29, 1.82) is 0 Å². The van der Waals surface area contributed by atoms with Gasteiger partial charge in [-0.2, -0.15) is 11.8 Å². The Bertz CT molecular complexity index is 144. The molecule has 1 N–H and O–H groups in total. The van der Waals surface area contributed by atoms with Crippen LogP contribution < -0.4 is 5.32 Å². The molecular formula is C10H20FNS. The highest BCUT2D eigenvalue weighted by Gasteiger charge is 2.27. The number of hydrogen-bond donors (Lipinski definition) is 1. The molecule has 1 fully saturated rings. The van der Waals surface area contributed by atoms with Crippen molar-refractivity contribution in [3.8, 4) is 0 Å². The van der Waals surface area contributed by atoms with Crippen LogP contribution in [0.2, 0.25) is 0 Å². The van der Waals surface area contributed by atoms with Crippen LogP contribution in [-0.2, 0) is 0 Å². The van der Waals surface area contributed by atoms with Crippen molar-refractivity contribution >= 4 is 11.8 Å². The Morgan fingerprint density at radius 1 is 1.46 bits per heavy atom. The molecule has 1 heterocycles. The lowest BCUT2D eigenvalue weighted by Crippen LogP contribution is -2.34. The summed E-state index contributed by atoms with van der Waals surface area (Å²) in [5.74, 6) is 3.06. The van der Waals surface area contributed by atoms with Crippen LogP contribution in [0.1, 0.15) is 26.2 Å². The minimum atomic E-state index is -1.01. The maximum Gasteiger partial charge on any atom is 0.120 e. The smallest absolute Gasteiger partial charge is 0.120 e. The van der Waals surface area contributed by atoms with Gasteiger partial charge in [-0.05, 0) is 50.7 Å². The number of rotatable bonds is 4. The monoisotopic (exact) mass is 205 g/mol. The first-order valence-corrected chi connectivity index (χ1v) is 6.21. The molecule has 1 nitrogen and oxygen atoms in total. The molecule has 0 spiro atoms. The zero-order chi connectivity index (χ0) is 9.73. The van der Waals surface area contributed by atoms with E-state index >= 15 is 0 Å². The van der Waals surface area contributed by atoms with Gasteiger partial charge in [0.15, 0.2) is 0 Å². The average Bonchev–Trinajstić information content (AvgIpc) is 2.04. The minimum absolute atomic E-state index is 0.483. The molecule has 1 unspecified atom stereocenters. The van der Waals surface area contributed by atoms with Crippen LogP contribution in [0.3, 0.4) is 0 Å². The number of thioether (sulfide) groups is 1. The quantitative estimate of drug-likeness (QED) is 0.756. The Balaban J connectivity index is 2.28. The fourth-order valence-corrected chi connectivity index (χ4v) is 3.20. The maximum atomic E-state index is 13.8. The second-order valence-electron chi connectivity index (χ2n) is 4.20. The van der Waals surface area contributed by atoms with Crippen molar-refractivity contribution in [3.05, 3.63) is 0 Å². The average molecular weight is 205 g/mol. The van der Waals surface area contributed by atoms with E-state index < -0.39 is 5.67 Å². The third-order valence-corrected chi connectivity index (χ3v) is 3.65. The summed E-state index contributed by atoms with van der Waals surface area (Å²) in [6, 6.07) is 0. The van der Waals surface area contributed by atoms with Crippen molar-refractivity contribution in [3.63, 3.8) is 0 Å². The Hall–Kier alpha value is 0.240. The van der Waals surface area contributed by atoms with Crippen molar-refractivity contribution in [1.82, 2.24) is 5.32 Å². The molecule has 1 aliphatic rings. The molecule has 1 atom stereocenters. The second-order valence-corrected chi connectivity index (χ2v) is 5.43. The van der Waals surface area contributed by atoms with Gasteiger partial charge in [-0.1, -0.05) is 0 Å². The minimum Gasteiger partial charge on any atom is -0.317 e. The van der Waals surface area contributed by atoms with Crippen molar-refractivity contribution in [2.75, 3.05) is 25.1 Å². The molecule has 0 bridgehead atoms. The molecule has 0 amide bonds. The Morgan fingerprint density at radius 2 is 2.08 bits per heavy atom. The first kappa shape index (κ1) is 11.3. The van der Waals surface area contributed by atoms with Crippen LogP contribution in [0.25, 0.3) is 0 Å². The van der Waals surface area contributed by atoms with Crippen LogP contribution in [0.4, 0.5) is 4.39 Å². The maximum absolute atomic E-state index is 13.8. The third-order valence-electron chi connectivity index (χ3n) is 2.60. The molecule has 0 saturated carbocycles. The normalized spacial score (nSPS) is 24.2. The topological polar surface area (TPSA) is 12.0 Å². The van der Waals surface area contributed by atoms with Crippen molar-refractivity contribution in [2.45, 2.75) is 31.9 Å². The molecule has 0 aliphatic carbocycles. The summed E-state index contributed by atoms with van der Waals surface area (Å²) in [6.07, 6.45) is 3.14. The summed E-state index contributed by atoms with van der Waals surface area (Å²) in [5, 5.41) is 2.92. The molecule has 78 valence electrons. The highest BCUT2D eigenvalue weighted by molar-refractivity contribution is 7.99. The molecule has 1 aliphatic heterocycles. The number of halogens is 1. The van der Waals surface area contributed by atoms with Crippen LogP contribution in [0.15, 0.2) is 0 Å². The van der Waals surface area contributed by atoms with E-state index in [4.69, 9.17) is 0 Å². The molecule has 0 aromatic carbocycles. The van der Waals surface area contributed by atoms with Gasteiger partial charge in [0.05, 0.1) is 0 Å². The first-order chi connectivity index (χ1) is 6.14. The zero-order valence-electron chi connectivity index (χ0n) is 8.61. The van der Waals surface area contributed by atoms with E-state index in [0.717, 1.165) is 6.42 Å². The van der Waals surface area contributed by atoms with Gasteiger partial charge >= 0.3 is 0 Å². The standard InChI is InChI=1S/C10H20FNS/c1-10(11,8-12-2)7-9-3-5-13-6-4-9/h9,12H,3-8H2,1-2H3. The predicted octanol–water partition coefficient (Wildman–Crippen LogP) is 2.47. The van der Waals surface area contributed by atoms with E-state index in [2.05, 4.69) is 5.32 Å². The number of nitrogens with one attached hydrogen (secondary N) is 1. The zero-order valence-corrected chi connectivity index (χ0v) is 9.42. The summed E-state index contributed by atoms with van der Waals surface area (Å²) < 4.78 is 13.8. The molecular weight excluding hydrogens is 185 g/mol. The molecule has 1 rings (SSSR count). The van der Waals surface area contributed by atoms with E-state index in [1.807, 2.05) is 18.8 Å². The predicted molar refractivity (Wildman–Crippen MR) is 58.1 cm³/mol. The van der Waals surface area contributed by atoms with E-state index in [9.17, 15) is 4.39 Å². The Kier molecular flexibility index (Phi) is 4.53. The molecule has 13 heavy (non-hydrogen) atoms. The van der Waals surface area contributed by atoms with Gasteiger partial charge in [-0.15, -0.1) is 0 Å². The van der Waals surface area contributed by atoms with Gasteiger partial charge in [-0.3, -0.25) is 0 Å². The highest BCUT2D eigenvalue weighted by Crippen LogP contribution is 2.30. The van der Waals surface area contributed by atoms with Gasteiger partial charge in [0.2, 0.25) is 0 Å². The van der Waals surface area contributed by atoms with Crippen LogP contribution in [-0.4, -0.2) is 30.8 Å². The second kappa shape index (κ2) is 5.20. The van der Waals surface area contributed by atoms with Crippen LogP contribution >= 0.6 is 11.8 Å². The van der Waals surface area contributed by atoms with Gasteiger partial charge < -0.3 is 5.32 Å². The summed E-state index contributed by atoms with van der Waals surface area (Å²) in [5.41, 5.74) is -1.01. The van der Waals surface area contributed by atoms with Gasteiger partial charge in [0.25, 0.3) is 0 Å². The van der Waals surface area contributed by atoms with Crippen LogP contribution in [0.5, 0.6) is 0 Å². The first-order valence-electron chi connectivity index (χ1n) is 5.05. The fraction of sp³-hybridized carbons (Fsp3) is 1.00. The largest absolute Gasteiger partial charge is 0.317 e. The fourth-order valence-electron chi connectivity index (χ4n) is 1.99. The summed E-state index contributed by atoms with van der Waals surface area (Å²) in [7, 11) is 1.81. The molecule has 1 saturated heterocycles. The lowest BCUT2D eigenvalue weighted by atomic mass is 9.89. The van der Waals surface area contributed by atoms with Gasteiger partial charge in [-0.25, -0.2) is 4.39 Å². The van der Waals surface area contributed by atoms with Gasteiger partial charge in [0.1, 0.15) is 5.67 Å². The summed E-state index contributed by atoms with van der Waals surface area (Å²) >= 11 is 2.00. The Morgan fingerprint density at radius 3 is 2.62 bits per heavy atom. The highest BCUT2D eigenvalue weighted by atomic mass is 32.2. The van der Waals surface area contributed by atoms with E-state index in [-0.39, 0.29) is 0 Å². The summed E-state index contributed by atoms with van der Waals surface area (Å²) in [6.45, 7) is 2.20. The molecule has 0 aromatic rings. The van der Waals surface area contributed by atoms with E-state index in [1.165, 1.54) is 24.3 Å². The Labute approximate surface area is 84.9 Å². The summed E-state index contributed by atoms with van der Waals surface area (Å²) in [4.78, 5) is 0. The lowest BCUT2D eigenvalue weighted by molar-refractivity contribution is 0.141. The van der Waals surface area contributed by atoms with Gasteiger partial charge in [0, 0.05) is 6.54 Å². The van der Waals surface area contributed by atoms with Crippen molar-refractivity contribution in [2.24, 2.45) is 5.92 Å². The van der Waals surface area contributed by atoms with E-state index in [0.29, 0.717) is 12.5 Å². The molecule has 3 heteroatoms. The third kappa shape index (κ3) is 4.32. The SMILES string of the molecule is CNCC(C)(F)CC1CCSCC1. The number of alkyl halides is 1. The van der Waals surface area contributed by atoms with Crippen LogP contribution in [0, 0.1) is 5.92 Å². The number of hydrogen-bond acceptors (Lipinski definition) is 2. The van der Waals surface area contributed by atoms with E-state index in [1.54, 1.807) is 6.92 Å². The lowest BCUT2D eigenvalue weighted by Gasteiger charge is -2.28.